The van der Waals surface area contributed by atoms with Crippen LogP contribution >= 0.6 is 0 Å². The lowest BCUT2D eigenvalue weighted by Gasteiger charge is -2.32. The summed E-state index contributed by atoms with van der Waals surface area (Å²) in [4.78, 5) is 12.4. The van der Waals surface area contributed by atoms with Gasteiger partial charge in [-0.25, -0.2) is 0 Å². The van der Waals surface area contributed by atoms with Crippen LogP contribution in [-0.4, -0.2) is 40.7 Å². The molecule has 0 radical (unpaired) electrons. The maximum Gasteiger partial charge on any atom is 0.438 e. The fourth-order valence-electron chi connectivity index (χ4n) is 2.68. The van der Waals surface area contributed by atoms with Gasteiger partial charge in [-0.3, -0.25) is 4.79 Å². The molecule has 8 heteroatoms. The summed E-state index contributed by atoms with van der Waals surface area (Å²) in [6, 6.07) is 6.38. The second-order valence-corrected chi connectivity index (χ2v) is 6.49. The first-order valence-corrected chi connectivity index (χ1v) is 7.88. The first kappa shape index (κ1) is 19.2. The molecule has 0 aliphatic carbocycles. The van der Waals surface area contributed by atoms with Gasteiger partial charge in [0, 0.05) is 12.1 Å². The number of halogens is 3. The highest BCUT2D eigenvalue weighted by molar-refractivity contribution is 5.91. The molecule has 1 aromatic carbocycles. The number of nitrogens with zero attached hydrogens (tertiary/aromatic N) is 2. The molecule has 0 saturated heterocycles. The molecular weight excluding hydrogens is 337 g/mol. The van der Waals surface area contributed by atoms with Gasteiger partial charge in [-0.15, -0.1) is 0 Å². The van der Waals surface area contributed by atoms with Crippen molar-refractivity contribution >= 4 is 11.6 Å². The Labute approximate surface area is 144 Å². The lowest BCUT2D eigenvalue weighted by molar-refractivity contribution is -0.302. The molecule has 1 aliphatic rings. The monoisotopic (exact) mass is 358 g/mol. The van der Waals surface area contributed by atoms with Crippen LogP contribution in [0, 0.1) is 5.92 Å². The summed E-state index contributed by atoms with van der Waals surface area (Å²) in [7, 11) is 1.48. The molecular formula is C17H21F3N2O3. The molecule has 1 atom stereocenters. The predicted molar refractivity (Wildman–Crippen MR) is 86.1 cm³/mol. The van der Waals surface area contributed by atoms with E-state index in [1.54, 1.807) is 24.3 Å². The van der Waals surface area contributed by atoms with E-state index < -0.39 is 24.2 Å². The summed E-state index contributed by atoms with van der Waals surface area (Å²) in [5.41, 5.74) is -2.62. The van der Waals surface area contributed by atoms with E-state index in [0.717, 1.165) is 0 Å². The Balaban J connectivity index is 2.24. The minimum atomic E-state index is -5.00. The Morgan fingerprint density at radius 2 is 1.96 bits per heavy atom. The molecule has 0 spiro atoms. The molecule has 0 unspecified atom stereocenters. The molecule has 0 bridgehead atoms. The molecule has 25 heavy (non-hydrogen) atoms. The Bertz CT molecular complexity index is 656. The third-order valence-electron chi connectivity index (χ3n) is 3.89. The van der Waals surface area contributed by atoms with Crippen molar-refractivity contribution in [3.8, 4) is 5.75 Å². The van der Waals surface area contributed by atoms with Gasteiger partial charge in [0.15, 0.2) is 0 Å². The van der Waals surface area contributed by atoms with Gasteiger partial charge in [0.25, 0.3) is 5.72 Å². The number of hydrazone groups is 1. The van der Waals surface area contributed by atoms with Crippen molar-refractivity contribution in [3.05, 3.63) is 29.8 Å². The Morgan fingerprint density at radius 3 is 2.44 bits per heavy atom. The zero-order valence-corrected chi connectivity index (χ0v) is 14.3. The van der Waals surface area contributed by atoms with Crippen molar-refractivity contribution in [2.24, 2.45) is 11.0 Å². The number of hydrogen-bond donors (Lipinski definition) is 1. The van der Waals surface area contributed by atoms with E-state index in [-0.39, 0.29) is 29.5 Å². The predicted octanol–water partition coefficient (Wildman–Crippen LogP) is 3.12. The number of hydrogen-bond acceptors (Lipinski definition) is 4. The molecule has 2 rings (SSSR count). The van der Waals surface area contributed by atoms with Crippen LogP contribution in [0.5, 0.6) is 5.75 Å². The SMILES string of the molecule is COc1ccc(CC(=O)N2N=C(CC(C)C)C[C@@]2(O)C(F)(F)F)cc1. The third kappa shape index (κ3) is 4.12. The van der Waals surface area contributed by atoms with Gasteiger partial charge in [-0.05, 0) is 30.0 Å². The zero-order valence-electron chi connectivity index (χ0n) is 14.3. The molecule has 1 aromatic rings. The standard InChI is InChI=1S/C17H21F3N2O3/c1-11(2)8-13-10-16(24,17(18,19)20)22(21-13)15(23)9-12-4-6-14(25-3)7-5-12/h4-7,11,24H,8-10H2,1-3H3/t16-/m1/s1. The molecule has 0 fully saturated rings. The van der Waals surface area contributed by atoms with Crippen LogP contribution in [0.2, 0.25) is 0 Å². The lowest BCUT2D eigenvalue weighted by atomic mass is 9.99. The summed E-state index contributed by atoms with van der Waals surface area (Å²) in [5.74, 6) is -0.280. The molecule has 1 amide bonds. The zero-order chi connectivity index (χ0) is 18.8. The van der Waals surface area contributed by atoms with Gasteiger partial charge < -0.3 is 9.84 Å². The van der Waals surface area contributed by atoms with Crippen molar-refractivity contribution < 1.29 is 27.8 Å². The van der Waals surface area contributed by atoms with E-state index in [1.807, 2.05) is 13.8 Å². The molecule has 138 valence electrons. The van der Waals surface area contributed by atoms with Gasteiger partial charge in [0.1, 0.15) is 5.75 Å². The van der Waals surface area contributed by atoms with Crippen LogP contribution in [-0.2, 0) is 11.2 Å². The summed E-state index contributed by atoms with van der Waals surface area (Å²) in [6.07, 6.45) is -5.74. The molecule has 1 heterocycles. The highest BCUT2D eigenvalue weighted by Crippen LogP contribution is 2.41. The summed E-state index contributed by atoms with van der Waals surface area (Å²) < 4.78 is 45.1. The fourth-order valence-corrected chi connectivity index (χ4v) is 2.68. The van der Waals surface area contributed by atoms with E-state index in [0.29, 0.717) is 11.3 Å². The number of benzene rings is 1. The van der Waals surface area contributed by atoms with Gasteiger partial charge in [0.05, 0.1) is 13.5 Å². The van der Waals surface area contributed by atoms with E-state index >= 15 is 0 Å². The number of rotatable bonds is 5. The quantitative estimate of drug-likeness (QED) is 0.880. The maximum atomic E-state index is 13.4. The third-order valence-corrected chi connectivity index (χ3v) is 3.89. The molecule has 0 saturated carbocycles. The Hall–Kier alpha value is -2.09. The van der Waals surface area contributed by atoms with E-state index in [4.69, 9.17) is 4.74 Å². The number of aliphatic hydroxyl groups is 1. The number of ether oxygens (including phenoxy) is 1. The minimum absolute atomic E-state index is 0.0628. The average Bonchev–Trinajstić information content (AvgIpc) is 2.85. The van der Waals surface area contributed by atoms with Crippen molar-refractivity contribution in [3.63, 3.8) is 0 Å². The highest BCUT2D eigenvalue weighted by Gasteiger charge is 2.62. The second kappa shape index (κ2) is 7.03. The largest absolute Gasteiger partial charge is 0.497 e. The van der Waals surface area contributed by atoms with Crippen LogP contribution < -0.4 is 4.74 Å². The second-order valence-electron chi connectivity index (χ2n) is 6.49. The molecule has 5 nitrogen and oxygen atoms in total. The van der Waals surface area contributed by atoms with Crippen molar-refractivity contribution in [2.75, 3.05) is 7.11 Å². The van der Waals surface area contributed by atoms with Crippen molar-refractivity contribution in [1.82, 2.24) is 5.01 Å². The van der Waals surface area contributed by atoms with Crippen molar-refractivity contribution in [2.45, 2.75) is 45.0 Å². The van der Waals surface area contributed by atoms with Crippen LogP contribution in [0.15, 0.2) is 29.4 Å². The normalized spacial score (nSPS) is 20.8. The number of alkyl halides is 3. The summed E-state index contributed by atoms with van der Waals surface area (Å²) in [5, 5.41) is 14.1. The average molecular weight is 358 g/mol. The number of methoxy groups -OCH3 is 1. The van der Waals surface area contributed by atoms with Gasteiger partial charge in [0.2, 0.25) is 5.91 Å². The Kier molecular flexibility index (Phi) is 5.41. The number of amides is 1. The first-order chi connectivity index (χ1) is 11.6. The highest BCUT2D eigenvalue weighted by atomic mass is 19.4. The van der Waals surface area contributed by atoms with Gasteiger partial charge in [-0.2, -0.15) is 23.3 Å². The van der Waals surface area contributed by atoms with E-state index in [1.165, 1.54) is 7.11 Å². The van der Waals surface area contributed by atoms with Crippen LogP contribution in [0.25, 0.3) is 0 Å². The van der Waals surface area contributed by atoms with E-state index in [2.05, 4.69) is 5.10 Å². The van der Waals surface area contributed by atoms with Crippen LogP contribution in [0.3, 0.4) is 0 Å². The van der Waals surface area contributed by atoms with Crippen molar-refractivity contribution in [1.29, 1.82) is 0 Å². The van der Waals surface area contributed by atoms with Gasteiger partial charge in [-0.1, -0.05) is 26.0 Å². The minimum Gasteiger partial charge on any atom is -0.497 e. The van der Waals surface area contributed by atoms with E-state index in [9.17, 15) is 23.1 Å². The van der Waals surface area contributed by atoms with Crippen LogP contribution in [0.1, 0.15) is 32.3 Å². The van der Waals surface area contributed by atoms with Crippen LogP contribution in [0.4, 0.5) is 13.2 Å². The number of carbonyl (C=O) groups excluding carboxylic acids is 1. The summed E-state index contributed by atoms with van der Waals surface area (Å²) in [6.45, 7) is 3.66. The number of carbonyl (C=O) groups is 1. The first-order valence-electron chi connectivity index (χ1n) is 7.88. The maximum absolute atomic E-state index is 13.4. The fraction of sp³-hybridized carbons (Fsp3) is 0.529. The molecule has 0 aromatic heterocycles. The summed E-state index contributed by atoms with van der Waals surface area (Å²) >= 11 is 0. The van der Waals surface area contributed by atoms with Gasteiger partial charge >= 0.3 is 6.18 Å². The smallest absolute Gasteiger partial charge is 0.438 e. The topological polar surface area (TPSA) is 62.1 Å². The molecule has 1 N–H and O–H groups in total. The Morgan fingerprint density at radius 1 is 1.36 bits per heavy atom. The lowest BCUT2D eigenvalue weighted by Crippen LogP contribution is -2.57. The molecule has 1 aliphatic heterocycles.